The van der Waals surface area contributed by atoms with Gasteiger partial charge in [-0.3, -0.25) is 0 Å². The third-order valence-corrected chi connectivity index (χ3v) is 2.96. The molecule has 0 N–H and O–H groups in total. The van der Waals surface area contributed by atoms with E-state index >= 15 is 0 Å². The summed E-state index contributed by atoms with van der Waals surface area (Å²) in [6.07, 6.45) is 6.19. The molecule has 2 rings (SSSR count). The number of rotatable bonds is 1. The van der Waals surface area contributed by atoms with E-state index in [0.717, 1.165) is 5.22 Å². The van der Waals surface area contributed by atoms with Crippen LogP contribution in [0.2, 0.25) is 0 Å². The Morgan fingerprint density at radius 3 is 2.75 bits per heavy atom. The first kappa shape index (κ1) is 10.7. The summed E-state index contributed by atoms with van der Waals surface area (Å²) in [6.45, 7) is 8.31. The van der Waals surface area contributed by atoms with E-state index in [1.807, 2.05) is 13.0 Å². The third kappa shape index (κ3) is 1.58. The van der Waals surface area contributed by atoms with Crippen LogP contribution in [-0.4, -0.2) is 4.57 Å². The number of hydrogen-bond donors (Lipinski definition) is 0. The van der Waals surface area contributed by atoms with Crippen LogP contribution in [0.5, 0.6) is 0 Å². The van der Waals surface area contributed by atoms with Crippen LogP contribution in [0.4, 0.5) is 0 Å². The van der Waals surface area contributed by atoms with Crippen LogP contribution in [0.25, 0.3) is 23.6 Å². The molecule has 2 aromatic rings. The van der Waals surface area contributed by atoms with Gasteiger partial charge in [0.25, 0.3) is 0 Å². The van der Waals surface area contributed by atoms with Crippen LogP contribution >= 0.6 is 0 Å². The number of allylic oxidation sites excluding steroid dienone is 2. The molecule has 0 atom stereocenters. The summed E-state index contributed by atoms with van der Waals surface area (Å²) < 4.78 is 2.19. The zero-order valence-corrected chi connectivity index (χ0v) is 10.1. The van der Waals surface area contributed by atoms with E-state index in [1.54, 1.807) is 0 Å². The monoisotopic (exact) mass is 211 g/mol. The molecule has 1 heterocycles. The van der Waals surface area contributed by atoms with Crippen molar-refractivity contribution in [3.8, 4) is 0 Å². The molecule has 0 saturated heterocycles. The molecule has 1 aromatic heterocycles. The highest BCUT2D eigenvalue weighted by Gasteiger charge is 2.02. The largest absolute Gasteiger partial charge is 0.344 e. The van der Waals surface area contributed by atoms with Gasteiger partial charge >= 0.3 is 0 Å². The molecule has 1 aromatic carbocycles. The molecule has 1 nitrogen and oxygen atoms in total. The van der Waals surface area contributed by atoms with E-state index in [9.17, 15) is 0 Å². The fraction of sp³-hybridized carbons (Fsp3) is 0.200. The Kier molecular flexibility index (Phi) is 2.69. The fourth-order valence-electron chi connectivity index (χ4n) is 2.05. The second-order valence-electron chi connectivity index (χ2n) is 4.14. The number of hydrogen-bond acceptors (Lipinski definition) is 0. The lowest BCUT2D eigenvalue weighted by molar-refractivity contribution is 0.926. The Morgan fingerprint density at radius 1 is 1.31 bits per heavy atom. The van der Waals surface area contributed by atoms with E-state index in [2.05, 4.69) is 55.5 Å². The van der Waals surface area contributed by atoms with Gasteiger partial charge in [-0.1, -0.05) is 30.4 Å². The number of fused-ring (bicyclic) bond motifs is 1. The van der Waals surface area contributed by atoms with Gasteiger partial charge in [0, 0.05) is 28.5 Å². The first-order valence-corrected chi connectivity index (χ1v) is 5.52. The Labute approximate surface area is 96.0 Å². The van der Waals surface area contributed by atoms with E-state index in [-0.39, 0.29) is 0 Å². The Bertz CT molecular complexity index is 657. The van der Waals surface area contributed by atoms with Gasteiger partial charge in [-0.25, -0.2) is 0 Å². The maximum Gasteiger partial charge on any atom is 0.0488 e. The summed E-state index contributed by atoms with van der Waals surface area (Å²) >= 11 is 0. The van der Waals surface area contributed by atoms with Crippen LogP contribution in [0, 0.1) is 6.92 Å². The van der Waals surface area contributed by atoms with Gasteiger partial charge in [0.2, 0.25) is 0 Å². The summed E-state index contributed by atoms with van der Waals surface area (Å²) in [5.74, 6) is 0. The molecule has 0 aliphatic carbocycles. The molecule has 0 radical (unpaired) electrons. The quantitative estimate of drug-likeness (QED) is 0.682. The zero-order chi connectivity index (χ0) is 11.7. The van der Waals surface area contributed by atoms with Gasteiger partial charge in [0.1, 0.15) is 0 Å². The van der Waals surface area contributed by atoms with Gasteiger partial charge in [-0.15, -0.1) is 0 Å². The first-order chi connectivity index (χ1) is 7.65. The SMILES string of the molecule is C=c1/c(=C\C=C/C)n(C)c2ccc(C)cc12. The Balaban J connectivity index is 2.93. The minimum absolute atomic E-state index is 1.11. The molecule has 1 heteroatoms. The normalized spacial score (nSPS) is 13.1. The average molecular weight is 211 g/mol. The average Bonchev–Trinajstić information content (AvgIpc) is 2.50. The molecule has 0 aliphatic rings. The number of nitrogens with zero attached hydrogens (tertiary/aromatic N) is 1. The van der Waals surface area contributed by atoms with Gasteiger partial charge in [-0.2, -0.15) is 0 Å². The van der Waals surface area contributed by atoms with Crippen molar-refractivity contribution in [3.05, 3.63) is 46.5 Å². The summed E-state index contributed by atoms with van der Waals surface area (Å²) in [6, 6.07) is 6.50. The number of benzene rings is 1. The van der Waals surface area contributed by atoms with Crippen molar-refractivity contribution in [2.75, 3.05) is 0 Å². The molecule has 0 unspecified atom stereocenters. The number of aryl methyl sites for hydroxylation is 2. The summed E-state index contributed by atoms with van der Waals surface area (Å²) in [5, 5.41) is 3.54. The lowest BCUT2D eigenvalue weighted by Gasteiger charge is -1.96. The van der Waals surface area contributed by atoms with Crippen LogP contribution in [0.3, 0.4) is 0 Å². The summed E-state index contributed by atoms with van der Waals surface area (Å²) in [7, 11) is 2.08. The Morgan fingerprint density at radius 2 is 2.06 bits per heavy atom. The highest BCUT2D eigenvalue weighted by atomic mass is 14.9. The topological polar surface area (TPSA) is 4.93 Å². The number of aromatic nitrogens is 1. The van der Waals surface area contributed by atoms with E-state index < -0.39 is 0 Å². The molecular formula is C15H17N. The van der Waals surface area contributed by atoms with Crippen molar-refractivity contribution >= 4 is 23.6 Å². The van der Waals surface area contributed by atoms with Crippen molar-refractivity contribution in [1.82, 2.24) is 4.57 Å². The maximum absolute atomic E-state index is 4.18. The molecule has 0 saturated carbocycles. The molecule has 0 fully saturated rings. The highest BCUT2D eigenvalue weighted by molar-refractivity contribution is 5.82. The standard InChI is InChI=1S/C15H17N/c1-5-6-7-14-12(3)13-10-11(2)8-9-15(13)16(14)4/h5-10H,3H2,1-2,4H3/b6-5-,14-7+. The Hall–Kier alpha value is -1.76. The van der Waals surface area contributed by atoms with Crippen LogP contribution in [0.15, 0.2) is 30.4 Å². The van der Waals surface area contributed by atoms with Gasteiger partial charge in [0.15, 0.2) is 0 Å². The maximum atomic E-state index is 4.18. The lowest BCUT2D eigenvalue weighted by atomic mass is 10.1. The van der Waals surface area contributed by atoms with Crippen molar-refractivity contribution < 1.29 is 0 Å². The van der Waals surface area contributed by atoms with Crippen molar-refractivity contribution in [2.45, 2.75) is 13.8 Å². The zero-order valence-electron chi connectivity index (χ0n) is 10.1. The van der Waals surface area contributed by atoms with E-state index in [1.165, 1.54) is 21.8 Å². The minimum Gasteiger partial charge on any atom is -0.344 e. The molecule has 0 aliphatic heterocycles. The predicted molar refractivity (Wildman–Crippen MR) is 71.7 cm³/mol. The van der Waals surface area contributed by atoms with E-state index in [4.69, 9.17) is 0 Å². The first-order valence-electron chi connectivity index (χ1n) is 5.52. The molecule has 82 valence electrons. The van der Waals surface area contributed by atoms with Crippen molar-refractivity contribution in [1.29, 1.82) is 0 Å². The fourth-order valence-corrected chi connectivity index (χ4v) is 2.05. The van der Waals surface area contributed by atoms with Crippen molar-refractivity contribution in [3.63, 3.8) is 0 Å². The van der Waals surface area contributed by atoms with E-state index in [0.29, 0.717) is 0 Å². The van der Waals surface area contributed by atoms with Crippen molar-refractivity contribution in [2.24, 2.45) is 7.05 Å². The molecule has 0 amide bonds. The smallest absolute Gasteiger partial charge is 0.0488 e. The third-order valence-electron chi connectivity index (χ3n) is 2.96. The lowest BCUT2D eigenvalue weighted by Crippen LogP contribution is -2.25. The molecule has 16 heavy (non-hydrogen) atoms. The second kappa shape index (κ2) is 4.01. The van der Waals surface area contributed by atoms with Crippen LogP contribution in [-0.2, 0) is 7.05 Å². The second-order valence-corrected chi connectivity index (χ2v) is 4.14. The summed E-state index contributed by atoms with van der Waals surface area (Å²) in [5.41, 5.74) is 2.52. The van der Waals surface area contributed by atoms with Crippen LogP contribution < -0.4 is 10.6 Å². The van der Waals surface area contributed by atoms with Gasteiger partial charge in [-0.05, 0) is 32.1 Å². The molecule has 0 spiro atoms. The predicted octanol–water partition coefficient (Wildman–Crippen LogP) is 2.25. The van der Waals surface area contributed by atoms with Crippen LogP contribution in [0.1, 0.15) is 12.5 Å². The summed E-state index contributed by atoms with van der Waals surface area (Å²) in [4.78, 5) is 0. The van der Waals surface area contributed by atoms with Gasteiger partial charge < -0.3 is 4.57 Å². The van der Waals surface area contributed by atoms with Gasteiger partial charge in [0.05, 0.1) is 0 Å². The molecule has 0 bridgehead atoms. The minimum atomic E-state index is 1.11. The molecular weight excluding hydrogens is 194 g/mol. The highest BCUT2D eigenvalue weighted by Crippen LogP contribution is 2.09.